The summed E-state index contributed by atoms with van der Waals surface area (Å²) >= 11 is 0. The highest BCUT2D eigenvalue weighted by atomic mass is 127. The lowest BCUT2D eigenvalue weighted by Crippen LogP contribution is -2.39. The number of nitrogens with zero attached hydrogens (tertiary/aromatic N) is 1. The lowest BCUT2D eigenvalue weighted by molar-refractivity contribution is 0.110. The Kier molecular flexibility index (Phi) is 13.4. The molecule has 144 valence electrons. The quantitative estimate of drug-likeness (QED) is 0.238. The molecule has 25 heavy (non-hydrogen) atoms. The monoisotopic (exact) mass is 471 g/mol. The summed E-state index contributed by atoms with van der Waals surface area (Å²) in [4.78, 5) is 4.34. The van der Waals surface area contributed by atoms with Crippen molar-refractivity contribution in [1.29, 1.82) is 0 Å². The van der Waals surface area contributed by atoms with Gasteiger partial charge in [0.1, 0.15) is 12.4 Å². The maximum absolute atomic E-state index is 12.3. The summed E-state index contributed by atoms with van der Waals surface area (Å²) in [6.07, 6.45) is -2.43. The van der Waals surface area contributed by atoms with Gasteiger partial charge in [-0.1, -0.05) is 12.1 Å². The van der Waals surface area contributed by atoms with Crippen LogP contribution in [0, 0.1) is 6.92 Å². The van der Waals surface area contributed by atoms with E-state index in [4.69, 9.17) is 9.47 Å². The number of benzene rings is 1. The maximum atomic E-state index is 12.3. The molecule has 0 aliphatic carbocycles. The van der Waals surface area contributed by atoms with Crippen molar-refractivity contribution in [3.8, 4) is 5.75 Å². The molecule has 0 bridgehead atoms. The van der Waals surface area contributed by atoms with Crippen LogP contribution < -0.4 is 15.4 Å². The minimum atomic E-state index is -2.43. The van der Waals surface area contributed by atoms with Crippen LogP contribution >= 0.6 is 24.0 Å². The van der Waals surface area contributed by atoms with Crippen molar-refractivity contribution >= 4 is 29.9 Å². The minimum absolute atomic E-state index is 0. The first-order chi connectivity index (χ1) is 11.6. The van der Waals surface area contributed by atoms with Crippen LogP contribution in [0.5, 0.6) is 5.75 Å². The summed E-state index contributed by atoms with van der Waals surface area (Å²) in [6.45, 7) is 7.92. The Balaban J connectivity index is 0.00000576. The number of alkyl halides is 2. The van der Waals surface area contributed by atoms with Crippen molar-refractivity contribution in [1.82, 2.24) is 10.6 Å². The van der Waals surface area contributed by atoms with Gasteiger partial charge >= 0.3 is 0 Å². The van der Waals surface area contributed by atoms with Crippen LogP contribution in [0.4, 0.5) is 8.78 Å². The molecule has 0 fully saturated rings. The third-order valence-electron chi connectivity index (χ3n) is 3.09. The molecule has 0 spiro atoms. The fourth-order valence-corrected chi connectivity index (χ4v) is 1.96. The molecular formula is C17H28F2IN3O2. The van der Waals surface area contributed by atoms with Crippen LogP contribution in [0.15, 0.2) is 23.2 Å². The number of hydrogen-bond donors (Lipinski definition) is 2. The lowest BCUT2D eigenvalue weighted by Gasteiger charge is -2.13. The molecular weight excluding hydrogens is 443 g/mol. The molecule has 1 aromatic rings. The van der Waals surface area contributed by atoms with Gasteiger partial charge in [0.2, 0.25) is 0 Å². The van der Waals surface area contributed by atoms with E-state index in [9.17, 15) is 8.78 Å². The minimum Gasteiger partial charge on any atom is -0.491 e. The number of ether oxygens (including phenoxy) is 2. The third kappa shape index (κ3) is 10.4. The molecule has 0 heterocycles. The fraction of sp³-hybridized carbons (Fsp3) is 0.588. The molecule has 0 aliphatic heterocycles. The second kappa shape index (κ2) is 14.1. The van der Waals surface area contributed by atoms with Crippen LogP contribution in [0.1, 0.15) is 25.0 Å². The van der Waals surface area contributed by atoms with Gasteiger partial charge in [-0.15, -0.1) is 24.0 Å². The molecule has 0 atom stereocenters. The molecule has 1 aromatic carbocycles. The Hall–Kier alpha value is -1.16. The Bertz CT molecular complexity index is 517. The molecule has 0 unspecified atom stereocenters. The highest BCUT2D eigenvalue weighted by Crippen LogP contribution is 2.21. The lowest BCUT2D eigenvalue weighted by atomic mass is 10.1. The van der Waals surface area contributed by atoms with Gasteiger partial charge in [-0.3, -0.25) is 0 Å². The highest BCUT2D eigenvalue weighted by Gasteiger charge is 2.07. The third-order valence-corrected chi connectivity index (χ3v) is 3.09. The van der Waals surface area contributed by atoms with Gasteiger partial charge in [-0.2, -0.15) is 0 Å². The molecule has 8 heteroatoms. The van der Waals surface area contributed by atoms with E-state index in [0.717, 1.165) is 16.9 Å². The summed E-state index contributed by atoms with van der Waals surface area (Å²) < 4.78 is 35.7. The van der Waals surface area contributed by atoms with Crippen molar-refractivity contribution in [2.75, 3.05) is 32.9 Å². The zero-order valence-electron chi connectivity index (χ0n) is 15.0. The first-order valence-corrected chi connectivity index (χ1v) is 8.17. The predicted molar refractivity (Wildman–Crippen MR) is 107 cm³/mol. The van der Waals surface area contributed by atoms with Crippen molar-refractivity contribution in [3.05, 3.63) is 29.3 Å². The number of halogens is 3. The first kappa shape index (κ1) is 23.8. The Morgan fingerprint density at radius 1 is 1.20 bits per heavy atom. The molecule has 0 saturated heterocycles. The zero-order valence-corrected chi connectivity index (χ0v) is 17.3. The van der Waals surface area contributed by atoms with Gasteiger partial charge in [0.05, 0.1) is 19.7 Å². The summed E-state index contributed by atoms with van der Waals surface area (Å²) in [5.74, 6) is 1.10. The number of aliphatic imine (C=N–C) groups is 1. The molecule has 0 aliphatic rings. The maximum Gasteiger partial charge on any atom is 0.255 e. The summed E-state index contributed by atoms with van der Waals surface area (Å²) in [5, 5.41) is 5.55. The summed E-state index contributed by atoms with van der Waals surface area (Å²) in [7, 11) is 0. The van der Waals surface area contributed by atoms with Crippen LogP contribution in [-0.4, -0.2) is 45.3 Å². The van der Waals surface area contributed by atoms with Gasteiger partial charge in [0.25, 0.3) is 6.43 Å². The van der Waals surface area contributed by atoms with Crippen LogP contribution in [0.3, 0.4) is 0 Å². The number of aryl methyl sites for hydroxylation is 1. The SMILES string of the molecule is CCNC(=NCc1ccc(C)cc1OCCOCC)NCC(F)F.I. The van der Waals surface area contributed by atoms with Crippen LogP contribution in [-0.2, 0) is 11.3 Å². The number of guanidine groups is 1. The largest absolute Gasteiger partial charge is 0.491 e. The van der Waals surface area contributed by atoms with Gasteiger partial charge in [0.15, 0.2) is 5.96 Å². The molecule has 1 rings (SSSR count). The summed E-state index contributed by atoms with van der Waals surface area (Å²) in [5.41, 5.74) is 1.98. The molecule has 0 saturated carbocycles. The first-order valence-electron chi connectivity index (χ1n) is 8.17. The average Bonchev–Trinajstić information content (AvgIpc) is 2.55. The van der Waals surface area contributed by atoms with Crippen molar-refractivity contribution in [2.45, 2.75) is 33.7 Å². The van der Waals surface area contributed by atoms with E-state index >= 15 is 0 Å². The van der Waals surface area contributed by atoms with E-state index < -0.39 is 13.0 Å². The molecule has 0 amide bonds. The topological polar surface area (TPSA) is 54.9 Å². The van der Waals surface area contributed by atoms with E-state index in [2.05, 4.69) is 15.6 Å². The van der Waals surface area contributed by atoms with Crippen LogP contribution in [0.25, 0.3) is 0 Å². The Morgan fingerprint density at radius 3 is 2.60 bits per heavy atom. The Morgan fingerprint density at radius 2 is 1.96 bits per heavy atom. The standard InChI is InChI=1S/C17H27F2N3O2.HI/c1-4-20-17(22-12-16(18)19)21-11-14-7-6-13(3)10-15(14)24-9-8-23-5-2;/h6-7,10,16H,4-5,8-9,11-12H2,1-3H3,(H2,20,21,22);1H. The molecule has 5 nitrogen and oxygen atoms in total. The Labute approximate surface area is 165 Å². The van der Waals surface area contributed by atoms with Gasteiger partial charge in [0, 0.05) is 18.7 Å². The second-order valence-electron chi connectivity index (χ2n) is 5.12. The van der Waals surface area contributed by atoms with E-state index in [1.165, 1.54) is 0 Å². The zero-order chi connectivity index (χ0) is 17.8. The second-order valence-corrected chi connectivity index (χ2v) is 5.12. The molecule has 2 N–H and O–H groups in total. The predicted octanol–water partition coefficient (Wildman–Crippen LogP) is 3.35. The molecule has 0 aromatic heterocycles. The number of hydrogen-bond acceptors (Lipinski definition) is 3. The normalized spacial score (nSPS) is 11.2. The van der Waals surface area contributed by atoms with Crippen molar-refractivity contribution in [3.63, 3.8) is 0 Å². The van der Waals surface area contributed by atoms with Crippen LogP contribution in [0.2, 0.25) is 0 Å². The van der Waals surface area contributed by atoms with E-state index in [1.54, 1.807) is 0 Å². The number of rotatable bonds is 10. The highest BCUT2D eigenvalue weighted by molar-refractivity contribution is 14.0. The summed E-state index contributed by atoms with van der Waals surface area (Å²) in [6, 6.07) is 5.85. The van der Waals surface area contributed by atoms with Gasteiger partial charge in [-0.25, -0.2) is 13.8 Å². The van der Waals surface area contributed by atoms with Crippen molar-refractivity contribution < 1.29 is 18.3 Å². The molecule has 0 radical (unpaired) electrons. The van der Waals surface area contributed by atoms with Gasteiger partial charge in [-0.05, 0) is 32.4 Å². The number of nitrogens with one attached hydrogen (secondary N) is 2. The fourth-order valence-electron chi connectivity index (χ4n) is 1.96. The van der Waals surface area contributed by atoms with E-state index in [1.807, 2.05) is 39.0 Å². The smallest absolute Gasteiger partial charge is 0.255 e. The van der Waals surface area contributed by atoms with E-state index in [0.29, 0.717) is 38.9 Å². The van der Waals surface area contributed by atoms with Crippen molar-refractivity contribution in [2.24, 2.45) is 4.99 Å². The van der Waals surface area contributed by atoms with E-state index in [-0.39, 0.29) is 24.0 Å². The average molecular weight is 471 g/mol. The van der Waals surface area contributed by atoms with Gasteiger partial charge < -0.3 is 20.1 Å².